The van der Waals surface area contributed by atoms with Crippen molar-refractivity contribution in [3.63, 3.8) is 0 Å². The van der Waals surface area contributed by atoms with Gasteiger partial charge in [-0.25, -0.2) is 15.3 Å². The average Bonchev–Trinajstić information content (AvgIpc) is 3.41. The van der Waals surface area contributed by atoms with Gasteiger partial charge in [0.25, 0.3) is 5.91 Å². The predicted molar refractivity (Wildman–Crippen MR) is 161 cm³/mol. The molecule has 0 saturated heterocycles. The summed E-state index contributed by atoms with van der Waals surface area (Å²) in [5.74, 6) is -1.04. The first-order valence-corrected chi connectivity index (χ1v) is 14.6. The highest BCUT2D eigenvalue weighted by molar-refractivity contribution is 7.22. The predicted octanol–water partition coefficient (Wildman–Crippen LogP) is 7.97. The molecular formula is C30H28F3N7O3S. The molecule has 0 atom stereocenters. The number of amides is 3. The zero-order valence-electron chi connectivity index (χ0n) is 23.3. The molecule has 4 N–H and O–H groups in total. The van der Waals surface area contributed by atoms with E-state index < -0.39 is 30.0 Å². The molecule has 3 aromatic carbocycles. The molecule has 0 aliphatic heterocycles. The number of fused-ring (bicyclic) bond motifs is 1. The van der Waals surface area contributed by atoms with Crippen LogP contribution >= 0.6 is 11.3 Å². The standard InChI is InChI=1S/C30H28F3N7O3S/c31-30(32,33)43-23-14-15-25-24(16-23)36-28(44-25)38-29(42)40(22-12-10-20(11-13-22)19-4-2-1-3-5-19)17-18-6-8-21(9-7-18)26(41)37-27(34)39-35/h6-16,19,35H,1-5,17H2,(H2,34,37,41)(H,36,38,42). The highest BCUT2D eigenvalue weighted by atomic mass is 32.1. The minimum atomic E-state index is -4.84. The third-order valence-corrected chi connectivity index (χ3v) is 8.16. The number of hydrogen-bond donors (Lipinski definition) is 3. The van der Waals surface area contributed by atoms with Crippen molar-refractivity contribution in [3.8, 4) is 5.75 Å². The molecule has 5 rings (SSSR count). The molecule has 4 aromatic rings. The lowest BCUT2D eigenvalue weighted by Crippen LogP contribution is -2.34. The van der Waals surface area contributed by atoms with Crippen molar-refractivity contribution >= 4 is 50.3 Å². The molecule has 0 spiro atoms. The lowest BCUT2D eigenvalue weighted by Gasteiger charge is -2.25. The number of halogens is 3. The van der Waals surface area contributed by atoms with Crippen molar-refractivity contribution in [2.24, 2.45) is 15.8 Å². The van der Waals surface area contributed by atoms with Crippen LogP contribution in [0.5, 0.6) is 5.75 Å². The van der Waals surface area contributed by atoms with Crippen molar-refractivity contribution in [1.82, 2.24) is 4.98 Å². The molecule has 0 bridgehead atoms. The topological polar surface area (TPSA) is 146 Å². The quantitative estimate of drug-likeness (QED) is 0.109. The van der Waals surface area contributed by atoms with E-state index in [4.69, 9.17) is 11.3 Å². The maximum atomic E-state index is 13.7. The number of nitrogens with two attached hydrogens (primary N) is 1. The number of carbonyl (C=O) groups is 2. The van der Waals surface area contributed by atoms with Gasteiger partial charge >= 0.3 is 12.4 Å². The summed E-state index contributed by atoms with van der Waals surface area (Å²) < 4.78 is 42.5. The summed E-state index contributed by atoms with van der Waals surface area (Å²) in [4.78, 5) is 35.2. The van der Waals surface area contributed by atoms with Gasteiger partial charge < -0.3 is 10.5 Å². The van der Waals surface area contributed by atoms with Crippen LogP contribution in [0.15, 0.2) is 76.8 Å². The van der Waals surface area contributed by atoms with Gasteiger partial charge in [0.05, 0.1) is 16.8 Å². The molecule has 0 unspecified atom stereocenters. The van der Waals surface area contributed by atoms with Gasteiger partial charge in [0, 0.05) is 17.3 Å². The van der Waals surface area contributed by atoms with Gasteiger partial charge in [-0.2, -0.15) is 4.99 Å². The number of nitrogens with zero attached hydrogens (tertiary/aromatic N) is 4. The second-order valence-electron chi connectivity index (χ2n) is 10.2. The Morgan fingerprint density at radius 3 is 2.41 bits per heavy atom. The first kappa shape index (κ1) is 30.6. The molecule has 1 heterocycles. The third kappa shape index (κ3) is 7.75. The molecule has 14 heteroatoms. The van der Waals surface area contributed by atoms with E-state index in [0.717, 1.165) is 30.2 Å². The van der Waals surface area contributed by atoms with E-state index in [1.807, 2.05) is 24.3 Å². The Hall–Kier alpha value is -4.85. The Kier molecular flexibility index (Phi) is 9.18. The monoisotopic (exact) mass is 623 g/mol. The number of anilines is 2. The lowest BCUT2D eigenvalue weighted by atomic mass is 9.84. The fourth-order valence-corrected chi connectivity index (χ4v) is 5.92. The Morgan fingerprint density at radius 2 is 1.75 bits per heavy atom. The number of alkyl halides is 3. The Bertz CT molecular complexity index is 1680. The number of ether oxygens (including phenoxy) is 1. The highest BCUT2D eigenvalue weighted by Gasteiger charge is 2.31. The van der Waals surface area contributed by atoms with Crippen LogP contribution in [0.25, 0.3) is 10.2 Å². The number of urea groups is 1. The molecular weight excluding hydrogens is 595 g/mol. The van der Waals surface area contributed by atoms with Gasteiger partial charge in [0.1, 0.15) is 5.75 Å². The summed E-state index contributed by atoms with van der Waals surface area (Å²) in [6, 6.07) is 17.6. The van der Waals surface area contributed by atoms with Gasteiger partial charge in [0.15, 0.2) is 5.13 Å². The SMILES string of the molecule is N=NC(N)=NC(=O)c1ccc(CN(C(=O)Nc2nc3cc(OC(F)(F)F)ccc3s2)c2ccc(C3CCCCC3)cc2)cc1. The highest BCUT2D eigenvalue weighted by Crippen LogP contribution is 2.34. The van der Waals surface area contributed by atoms with Crippen LogP contribution in [-0.2, 0) is 6.54 Å². The molecule has 44 heavy (non-hydrogen) atoms. The number of aliphatic imine (C=N–C) groups is 1. The minimum Gasteiger partial charge on any atom is -0.406 e. The third-order valence-electron chi connectivity index (χ3n) is 7.21. The molecule has 3 amide bonds. The fraction of sp³-hybridized carbons (Fsp3) is 0.267. The van der Waals surface area contributed by atoms with Gasteiger partial charge in [-0.3, -0.25) is 15.0 Å². The maximum Gasteiger partial charge on any atom is 0.573 e. The van der Waals surface area contributed by atoms with Crippen molar-refractivity contribution in [3.05, 3.63) is 83.4 Å². The second-order valence-corrected chi connectivity index (χ2v) is 11.3. The Morgan fingerprint density at radius 1 is 1.05 bits per heavy atom. The number of aromatic nitrogens is 1. The van der Waals surface area contributed by atoms with Crippen LogP contribution in [-0.4, -0.2) is 29.2 Å². The zero-order valence-corrected chi connectivity index (χ0v) is 24.1. The second kappa shape index (κ2) is 13.2. The van der Waals surface area contributed by atoms with E-state index in [1.54, 1.807) is 12.1 Å². The van der Waals surface area contributed by atoms with Crippen LogP contribution in [0.1, 0.15) is 59.5 Å². The molecule has 1 aromatic heterocycles. The normalized spacial score (nSPS) is 14.3. The van der Waals surface area contributed by atoms with Gasteiger partial charge in [-0.1, -0.05) is 54.9 Å². The number of thiazole rings is 1. The summed E-state index contributed by atoms with van der Waals surface area (Å²) in [7, 11) is 0. The maximum absolute atomic E-state index is 13.7. The Labute approximate surface area is 254 Å². The summed E-state index contributed by atoms with van der Waals surface area (Å²) in [6.07, 6.45) is 1.07. The van der Waals surface area contributed by atoms with Gasteiger partial charge in [0.2, 0.25) is 5.96 Å². The van der Waals surface area contributed by atoms with Gasteiger partial charge in [-0.15, -0.1) is 18.3 Å². The number of nitrogens with one attached hydrogen (secondary N) is 2. The van der Waals surface area contributed by atoms with Crippen molar-refractivity contribution in [2.45, 2.75) is 50.9 Å². The number of rotatable bonds is 7. The van der Waals surface area contributed by atoms with E-state index in [0.29, 0.717) is 21.9 Å². The molecule has 10 nitrogen and oxygen atoms in total. The molecule has 1 aliphatic rings. The number of carbonyl (C=O) groups excluding carboxylic acids is 2. The first-order valence-electron chi connectivity index (χ1n) is 13.8. The van der Waals surface area contributed by atoms with Crippen LogP contribution in [0.4, 0.5) is 28.8 Å². The van der Waals surface area contributed by atoms with Gasteiger partial charge in [-0.05, 0) is 66.3 Å². The molecule has 1 fully saturated rings. The van der Waals surface area contributed by atoms with Crippen LogP contribution in [0.3, 0.4) is 0 Å². The number of guanidine groups is 1. The van der Waals surface area contributed by atoms with Crippen LogP contribution < -0.4 is 20.7 Å². The van der Waals surface area contributed by atoms with Crippen LogP contribution in [0.2, 0.25) is 0 Å². The minimum absolute atomic E-state index is 0.130. The Balaban J connectivity index is 1.39. The summed E-state index contributed by atoms with van der Waals surface area (Å²) in [5.41, 5.74) is 15.2. The van der Waals surface area contributed by atoms with E-state index in [-0.39, 0.29) is 22.8 Å². The molecule has 228 valence electrons. The lowest BCUT2D eigenvalue weighted by molar-refractivity contribution is -0.274. The van der Waals surface area contributed by atoms with E-state index in [9.17, 15) is 22.8 Å². The average molecular weight is 624 g/mol. The van der Waals surface area contributed by atoms with Crippen molar-refractivity contribution in [1.29, 1.82) is 5.53 Å². The van der Waals surface area contributed by atoms with Crippen molar-refractivity contribution < 1.29 is 27.5 Å². The molecule has 0 radical (unpaired) electrons. The molecule has 1 saturated carbocycles. The number of benzene rings is 3. The largest absolute Gasteiger partial charge is 0.573 e. The first-order chi connectivity index (χ1) is 21.1. The van der Waals surface area contributed by atoms with E-state index in [2.05, 4.69) is 25.1 Å². The summed E-state index contributed by atoms with van der Waals surface area (Å²) in [6.45, 7) is 0.130. The van der Waals surface area contributed by atoms with Crippen molar-refractivity contribution in [2.75, 3.05) is 10.2 Å². The fourth-order valence-electron chi connectivity index (χ4n) is 5.09. The molecule has 1 aliphatic carbocycles. The van der Waals surface area contributed by atoms with Crippen LogP contribution in [0, 0.1) is 5.53 Å². The zero-order chi connectivity index (χ0) is 31.3. The summed E-state index contributed by atoms with van der Waals surface area (Å²) in [5, 5.41) is 5.89. The van der Waals surface area contributed by atoms with E-state index in [1.165, 1.54) is 54.0 Å². The summed E-state index contributed by atoms with van der Waals surface area (Å²) >= 11 is 1.12. The van der Waals surface area contributed by atoms with E-state index >= 15 is 0 Å². The smallest absolute Gasteiger partial charge is 0.406 e. The number of hydrogen-bond acceptors (Lipinski definition) is 6.